The standard InChI is InChI=1S/C9H14O4/c1-6(10)13-8-5-12-9-7(8)3-2-4-11-9/h7-9H,2-5H2,1H3/t7-,8-,9+/m0/s1. The van der Waals surface area contributed by atoms with Gasteiger partial charge >= 0.3 is 5.97 Å². The second-order valence-electron chi connectivity index (χ2n) is 3.53. The number of fused-ring (bicyclic) bond motifs is 1. The van der Waals surface area contributed by atoms with Crippen LogP contribution in [0.25, 0.3) is 0 Å². The zero-order valence-corrected chi connectivity index (χ0v) is 7.69. The zero-order chi connectivity index (χ0) is 9.26. The van der Waals surface area contributed by atoms with Crippen LogP contribution < -0.4 is 0 Å². The van der Waals surface area contributed by atoms with Gasteiger partial charge in [0.25, 0.3) is 0 Å². The lowest BCUT2D eigenvalue weighted by molar-refractivity contribution is -0.157. The Balaban J connectivity index is 1.94. The fraction of sp³-hybridized carbons (Fsp3) is 0.889. The van der Waals surface area contributed by atoms with Crippen LogP contribution in [0.2, 0.25) is 0 Å². The highest BCUT2D eigenvalue weighted by Crippen LogP contribution is 2.32. The van der Waals surface area contributed by atoms with Gasteiger partial charge < -0.3 is 14.2 Å². The van der Waals surface area contributed by atoms with Gasteiger partial charge in [-0.05, 0) is 12.8 Å². The van der Waals surface area contributed by atoms with Crippen molar-refractivity contribution in [2.24, 2.45) is 5.92 Å². The summed E-state index contributed by atoms with van der Waals surface area (Å²) in [6, 6.07) is 0. The molecule has 0 unspecified atom stereocenters. The number of carbonyl (C=O) groups is 1. The van der Waals surface area contributed by atoms with E-state index in [1.54, 1.807) is 0 Å². The van der Waals surface area contributed by atoms with E-state index in [1.165, 1.54) is 6.92 Å². The molecule has 0 bridgehead atoms. The molecule has 0 aromatic heterocycles. The molecule has 0 amide bonds. The quantitative estimate of drug-likeness (QED) is 0.565. The Bertz CT molecular complexity index is 204. The van der Waals surface area contributed by atoms with Gasteiger partial charge in [-0.2, -0.15) is 0 Å². The van der Waals surface area contributed by atoms with E-state index in [-0.39, 0.29) is 24.3 Å². The Labute approximate surface area is 77.1 Å². The average molecular weight is 186 g/mol. The summed E-state index contributed by atoms with van der Waals surface area (Å²) in [5.41, 5.74) is 0. The van der Waals surface area contributed by atoms with E-state index in [2.05, 4.69) is 0 Å². The molecule has 4 heteroatoms. The lowest BCUT2D eigenvalue weighted by atomic mass is 9.97. The summed E-state index contributed by atoms with van der Waals surface area (Å²) < 4.78 is 15.9. The van der Waals surface area contributed by atoms with Crippen LogP contribution in [0.1, 0.15) is 19.8 Å². The smallest absolute Gasteiger partial charge is 0.302 e. The van der Waals surface area contributed by atoms with Crippen molar-refractivity contribution in [2.75, 3.05) is 13.2 Å². The number of ether oxygens (including phenoxy) is 3. The minimum atomic E-state index is -0.236. The van der Waals surface area contributed by atoms with Crippen molar-refractivity contribution in [2.45, 2.75) is 32.2 Å². The lowest BCUT2D eigenvalue weighted by Crippen LogP contribution is -2.33. The summed E-state index contributed by atoms with van der Waals surface area (Å²) in [6.45, 7) is 2.67. The molecule has 0 aromatic rings. The third-order valence-electron chi connectivity index (χ3n) is 2.53. The molecule has 0 N–H and O–H groups in total. The molecule has 0 aliphatic carbocycles. The Hall–Kier alpha value is -0.610. The van der Waals surface area contributed by atoms with Crippen LogP contribution in [0, 0.1) is 5.92 Å². The molecule has 0 spiro atoms. The van der Waals surface area contributed by atoms with Crippen LogP contribution in [-0.4, -0.2) is 31.6 Å². The Morgan fingerprint density at radius 3 is 3.08 bits per heavy atom. The molecule has 3 atom stereocenters. The maximum Gasteiger partial charge on any atom is 0.302 e. The third kappa shape index (κ3) is 1.84. The second kappa shape index (κ2) is 3.64. The van der Waals surface area contributed by atoms with Gasteiger partial charge in [0.2, 0.25) is 0 Å². The molecule has 74 valence electrons. The zero-order valence-electron chi connectivity index (χ0n) is 7.69. The van der Waals surface area contributed by atoms with Gasteiger partial charge in [0.15, 0.2) is 6.29 Å². The van der Waals surface area contributed by atoms with E-state index in [1.807, 2.05) is 0 Å². The number of hydrogen-bond acceptors (Lipinski definition) is 4. The van der Waals surface area contributed by atoms with Crippen LogP contribution >= 0.6 is 0 Å². The van der Waals surface area contributed by atoms with Crippen molar-refractivity contribution in [3.8, 4) is 0 Å². The normalized spacial score (nSPS) is 38.4. The van der Waals surface area contributed by atoms with E-state index in [4.69, 9.17) is 14.2 Å². The summed E-state index contributed by atoms with van der Waals surface area (Å²) in [7, 11) is 0. The highest BCUT2D eigenvalue weighted by molar-refractivity contribution is 5.66. The molecule has 0 radical (unpaired) electrons. The minimum Gasteiger partial charge on any atom is -0.460 e. The van der Waals surface area contributed by atoms with Crippen LogP contribution in [0.15, 0.2) is 0 Å². The van der Waals surface area contributed by atoms with E-state index >= 15 is 0 Å². The molecule has 2 aliphatic rings. The molecular formula is C9H14O4. The van der Waals surface area contributed by atoms with Gasteiger partial charge in [-0.25, -0.2) is 0 Å². The molecule has 2 heterocycles. The van der Waals surface area contributed by atoms with Crippen LogP contribution in [0.3, 0.4) is 0 Å². The number of rotatable bonds is 1. The molecule has 0 aromatic carbocycles. The molecular weight excluding hydrogens is 172 g/mol. The molecule has 2 aliphatic heterocycles. The molecule has 4 nitrogen and oxygen atoms in total. The largest absolute Gasteiger partial charge is 0.460 e. The van der Waals surface area contributed by atoms with E-state index in [9.17, 15) is 4.79 Å². The first-order chi connectivity index (χ1) is 6.27. The highest BCUT2D eigenvalue weighted by Gasteiger charge is 2.41. The Morgan fingerprint density at radius 2 is 2.31 bits per heavy atom. The lowest BCUT2D eigenvalue weighted by Gasteiger charge is -2.26. The maximum absolute atomic E-state index is 10.8. The number of carbonyl (C=O) groups excluding carboxylic acids is 1. The monoisotopic (exact) mass is 186 g/mol. The predicted octanol–water partition coefficient (Wildman–Crippen LogP) is 0.701. The highest BCUT2D eigenvalue weighted by atomic mass is 16.7. The van der Waals surface area contributed by atoms with Crippen molar-refractivity contribution in [1.82, 2.24) is 0 Å². The predicted molar refractivity (Wildman–Crippen MR) is 44.0 cm³/mol. The Morgan fingerprint density at radius 1 is 1.46 bits per heavy atom. The van der Waals surface area contributed by atoms with E-state index in [0.29, 0.717) is 6.61 Å². The first-order valence-electron chi connectivity index (χ1n) is 4.68. The maximum atomic E-state index is 10.8. The first-order valence-corrected chi connectivity index (χ1v) is 4.68. The summed E-state index contributed by atoms with van der Waals surface area (Å²) in [5.74, 6) is 0.0115. The molecule has 2 fully saturated rings. The number of hydrogen-bond donors (Lipinski definition) is 0. The third-order valence-corrected chi connectivity index (χ3v) is 2.53. The van der Waals surface area contributed by atoms with Crippen molar-refractivity contribution >= 4 is 5.97 Å². The van der Waals surface area contributed by atoms with Gasteiger partial charge in [0, 0.05) is 19.4 Å². The summed E-state index contributed by atoms with van der Waals surface area (Å²) in [5, 5.41) is 0. The van der Waals surface area contributed by atoms with Crippen molar-refractivity contribution in [3.63, 3.8) is 0 Å². The van der Waals surface area contributed by atoms with E-state index in [0.717, 1.165) is 19.4 Å². The first kappa shape index (κ1) is 8.97. The molecule has 2 rings (SSSR count). The molecule has 0 saturated carbocycles. The van der Waals surface area contributed by atoms with Crippen molar-refractivity contribution < 1.29 is 19.0 Å². The minimum absolute atomic E-state index is 0.0946. The van der Waals surface area contributed by atoms with Crippen molar-refractivity contribution in [3.05, 3.63) is 0 Å². The topological polar surface area (TPSA) is 44.8 Å². The second-order valence-corrected chi connectivity index (χ2v) is 3.53. The van der Waals surface area contributed by atoms with Crippen molar-refractivity contribution in [1.29, 1.82) is 0 Å². The van der Waals surface area contributed by atoms with Crippen LogP contribution in [-0.2, 0) is 19.0 Å². The van der Waals surface area contributed by atoms with Gasteiger partial charge in [-0.15, -0.1) is 0 Å². The fourth-order valence-electron chi connectivity index (χ4n) is 1.96. The van der Waals surface area contributed by atoms with Gasteiger partial charge in [0.05, 0.1) is 6.61 Å². The SMILES string of the molecule is CC(=O)O[C@H]1CO[C@H]2OCCC[C@H]21. The molecule has 2 saturated heterocycles. The number of esters is 1. The summed E-state index contributed by atoms with van der Waals surface area (Å²) in [6.07, 6.45) is 1.83. The van der Waals surface area contributed by atoms with Gasteiger partial charge in [-0.1, -0.05) is 0 Å². The Kier molecular flexibility index (Phi) is 2.51. The fourth-order valence-corrected chi connectivity index (χ4v) is 1.96. The van der Waals surface area contributed by atoms with Gasteiger partial charge in [0.1, 0.15) is 6.10 Å². The van der Waals surface area contributed by atoms with E-state index < -0.39 is 0 Å². The van der Waals surface area contributed by atoms with Gasteiger partial charge in [-0.3, -0.25) is 4.79 Å². The summed E-state index contributed by atoms with van der Waals surface area (Å²) in [4.78, 5) is 10.8. The molecule has 13 heavy (non-hydrogen) atoms. The van der Waals surface area contributed by atoms with Crippen LogP contribution in [0.5, 0.6) is 0 Å². The average Bonchev–Trinajstić information content (AvgIpc) is 2.48. The van der Waals surface area contributed by atoms with Crippen LogP contribution in [0.4, 0.5) is 0 Å². The summed E-state index contributed by atoms with van der Waals surface area (Å²) >= 11 is 0.